The number of aromatic nitrogens is 2. The number of aliphatic hydroxyl groups excluding tert-OH is 1. The first-order chi connectivity index (χ1) is 11.3. The second-order valence-corrected chi connectivity index (χ2v) is 6.37. The van der Waals surface area contributed by atoms with Crippen LogP contribution in [0.2, 0.25) is 10.0 Å². The number of aliphatic hydroxyl groups is 2. The molecule has 6 nitrogen and oxygen atoms in total. The van der Waals surface area contributed by atoms with Crippen molar-refractivity contribution in [3.8, 4) is 5.69 Å². The van der Waals surface area contributed by atoms with Gasteiger partial charge in [-0.2, -0.15) is 0 Å². The summed E-state index contributed by atoms with van der Waals surface area (Å²) in [5.74, 6) is -0.579. The van der Waals surface area contributed by atoms with E-state index in [2.05, 4.69) is 4.98 Å². The van der Waals surface area contributed by atoms with Gasteiger partial charge in [-0.15, -0.1) is 0 Å². The molecule has 1 atom stereocenters. The molecule has 1 heterocycles. The van der Waals surface area contributed by atoms with Crippen molar-refractivity contribution in [3.63, 3.8) is 0 Å². The molecule has 0 aliphatic heterocycles. The minimum absolute atomic E-state index is 0.00797. The van der Waals surface area contributed by atoms with Crippen LogP contribution >= 0.6 is 23.2 Å². The molecule has 1 unspecified atom stereocenters. The Hall–Kier alpha value is -1.60. The number of halogens is 2. The van der Waals surface area contributed by atoms with Crippen molar-refractivity contribution >= 4 is 29.2 Å². The molecule has 0 radical (unpaired) electrons. The van der Waals surface area contributed by atoms with E-state index < -0.39 is 18.2 Å². The van der Waals surface area contributed by atoms with Crippen molar-refractivity contribution in [2.45, 2.75) is 25.9 Å². The predicted molar refractivity (Wildman–Crippen MR) is 91.0 cm³/mol. The SMILES string of the molecule is CCOC(=O)c1c(CC(C)(O)CO)ncn1-c1ccc(Cl)c(Cl)c1. The average Bonchev–Trinajstić information content (AvgIpc) is 2.93. The van der Waals surface area contributed by atoms with Gasteiger partial charge in [0.25, 0.3) is 0 Å². The van der Waals surface area contributed by atoms with Crippen LogP contribution in [0.1, 0.15) is 30.0 Å². The Morgan fingerprint density at radius 1 is 1.38 bits per heavy atom. The van der Waals surface area contributed by atoms with Crippen LogP contribution in [0.3, 0.4) is 0 Å². The largest absolute Gasteiger partial charge is 0.461 e. The number of esters is 1. The van der Waals surface area contributed by atoms with Gasteiger partial charge >= 0.3 is 5.97 Å². The van der Waals surface area contributed by atoms with Gasteiger partial charge in [0.05, 0.1) is 34.6 Å². The minimum Gasteiger partial charge on any atom is -0.461 e. The maximum atomic E-state index is 12.4. The molecule has 0 aliphatic carbocycles. The van der Waals surface area contributed by atoms with E-state index in [0.29, 0.717) is 21.4 Å². The van der Waals surface area contributed by atoms with Crippen LogP contribution in [0.15, 0.2) is 24.5 Å². The zero-order valence-corrected chi connectivity index (χ0v) is 14.8. The molecular weight excluding hydrogens is 355 g/mol. The molecule has 2 N–H and O–H groups in total. The van der Waals surface area contributed by atoms with Gasteiger partial charge in [0.2, 0.25) is 0 Å². The van der Waals surface area contributed by atoms with Gasteiger partial charge in [-0.3, -0.25) is 4.57 Å². The number of nitrogens with zero attached hydrogens (tertiary/aromatic N) is 2. The summed E-state index contributed by atoms with van der Waals surface area (Å²) in [6.45, 7) is 2.89. The highest BCUT2D eigenvalue weighted by Crippen LogP contribution is 2.27. The molecule has 1 aromatic carbocycles. The second-order valence-electron chi connectivity index (χ2n) is 5.56. The number of benzene rings is 1. The monoisotopic (exact) mass is 372 g/mol. The normalized spacial score (nSPS) is 13.6. The second kappa shape index (κ2) is 7.53. The van der Waals surface area contributed by atoms with E-state index in [1.54, 1.807) is 25.1 Å². The topological polar surface area (TPSA) is 84.6 Å². The van der Waals surface area contributed by atoms with Crippen LogP contribution in [0.25, 0.3) is 5.69 Å². The Bertz CT molecular complexity index is 744. The molecule has 2 aromatic rings. The summed E-state index contributed by atoms with van der Waals surface area (Å²) in [4.78, 5) is 16.6. The molecule has 2 rings (SSSR count). The first-order valence-electron chi connectivity index (χ1n) is 7.31. The molecule has 0 bridgehead atoms. The number of hydrogen-bond acceptors (Lipinski definition) is 5. The van der Waals surface area contributed by atoms with E-state index in [-0.39, 0.29) is 18.7 Å². The molecule has 0 amide bonds. The predicted octanol–water partition coefficient (Wildman–Crippen LogP) is 2.64. The number of ether oxygens (including phenoxy) is 1. The lowest BCUT2D eigenvalue weighted by Gasteiger charge is -2.19. The Kier molecular flexibility index (Phi) is 5.87. The third-order valence-electron chi connectivity index (χ3n) is 3.38. The lowest BCUT2D eigenvalue weighted by atomic mass is 10.0. The summed E-state index contributed by atoms with van der Waals surface area (Å²) >= 11 is 12.0. The summed E-state index contributed by atoms with van der Waals surface area (Å²) in [6, 6.07) is 4.90. The zero-order chi connectivity index (χ0) is 17.9. The molecule has 1 aromatic heterocycles. The average molecular weight is 373 g/mol. The zero-order valence-electron chi connectivity index (χ0n) is 13.3. The highest BCUT2D eigenvalue weighted by atomic mass is 35.5. The minimum atomic E-state index is -1.40. The van der Waals surface area contributed by atoms with Gasteiger partial charge in [0, 0.05) is 12.1 Å². The van der Waals surface area contributed by atoms with E-state index in [9.17, 15) is 15.0 Å². The quantitative estimate of drug-likeness (QED) is 0.761. The van der Waals surface area contributed by atoms with E-state index in [4.69, 9.17) is 27.9 Å². The lowest BCUT2D eigenvalue weighted by Crippen LogP contribution is -2.32. The fourth-order valence-corrected chi connectivity index (χ4v) is 2.47. The highest BCUT2D eigenvalue weighted by molar-refractivity contribution is 6.42. The van der Waals surface area contributed by atoms with E-state index >= 15 is 0 Å². The lowest BCUT2D eigenvalue weighted by molar-refractivity contribution is 0.00134. The summed E-state index contributed by atoms with van der Waals surface area (Å²) < 4.78 is 6.61. The maximum absolute atomic E-state index is 12.4. The molecule has 24 heavy (non-hydrogen) atoms. The van der Waals surface area contributed by atoms with E-state index in [1.807, 2.05) is 0 Å². The highest BCUT2D eigenvalue weighted by Gasteiger charge is 2.28. The van der Waals surface area contributed by atoms with Gasteiger partial charge in [-0.05, 0) is 32.0 Å². The third-order valence-corrected chi connectivity index (χ3v) is 4.12. The number of carbonyl (C=O) groups excluding carboxylic acids is 1. The van der Waals surface area contributed by atoms with Crippen LogP contribution in [0, 0.1) is 0 Å². The summed E-state index contributed by atoms with van der Waals surface area (Å²) in [7, 11) is 0. The van der Waals surface area contributed by atoms with Crippen molar-refractivity contribution in [3.05, 3.63) is 46.0 Å². The Morgan fingerprint density at radius 3 is 2.67 bits per heavy atom. The van der Waals surface area contributed by atoms with E-state index in [0.717, 1.165) is 0 Å². The van der Waals surface area contributed by atoms with Crippen molar-refractivity contribution in [2.75, 3.05) is 13.2 Å². The fraction of sp³-hybridized carbons (Fsp3) is 0.375. The Labute approximate surface area is 149 Å². The Balaban J connectivity index is 2.53. The van der Waals surface area contributed by atoms with Crippen molar-refractivity contribution < 1.29 is 19.7 Å². The third kappa shape index (κ3) is 4.08. The van der Waals surface area contributed by atoms with Crippen LogP contribution in [0.4, 0.5) is 0 Å². The molecule has 130 valence electrons. The smallest absolute Gasteiger partial charge is 0.357 e. The van der Waals surface area contributed by atoms with Gasteiger partial charge in [0.15, 0.2) is 5.69 Å². The summed E-state index contributed by atoms with van der Waals surface area (Å²) in [5.41, 5.74) is -0.338. The van der Waals surface area contributed by atoms with Crippen molar-refractivity contribution in [1.82, 2.24) is 9.55 Å². The molecular formula is C16H18Cl2N2O4. The molecule has 8 heteroatoms. The van der Waals surface area contributed by atoms with Gasteiger partial charge in [-0.1, -0.05) is 23.2 Å². The number of hydrogen-bond donors (Lipinski definition) is 2. The number of imidazole rings is 1. The van der Waals surface area contributed by atoms with Gasteiger partial charge in [-0.25, -0.2) is 9.78 Å². The fourth-order valence-electron chi connectivity index (χ4n) is 2.18. The van der Waals surface area contributed by atoms with Crippen molar-refractivity contribution in [2.24, 2.45) is 0 Å². The Morgan fingerprint density at radius 2 is 2.08 bits per heavy atom. The molecule has 0 aliphatic rings. The van der Waals surface area contributed by atoms with Crippen LogP contribution in [-0.2, 0) is 11.2 Å². The van der Waals surface area contributed by atoms with Gasteiger partial charge in [0.1, 0.15) is 6.33 Å². The van der Waals surface area contributed by atoms with Crippen LogP contribution < -0.4 is 0 Å². The molecule has 0 spiro atoms. The molecule has 0 saturated carbocycles. The van der Waals surface area contributed by atoms with Crippen LogP contribution in [-0.4, -0.2) is 44.5 Å². The van der Waals surface area contributed by atoms with E-state index in [1.165, 1.54) is 17.8 Å². The molecule has 0 saturated heterocycles. The number of rotatable bonds is 6. The standard InChI is InChI=1S/C16H18Cl2N2O4/c1-3-24-15(22)14-13(7-16(2,23)8-21)19-9-20(14)10-4-5-11(17)12(18)6-10/h4-6,9,21,23H,3,7-8H2,1-2H3. The van der Waals surface area contributed by atoms with Crippen molar-refractivity contribution in [1.29, 1.82) is 0 Å². The maximum Gasteiger partial charge on any atom is 0.357 e. The summed E-state index contributed by atoms with van der Waals surface area (Å²) in [6.07, 6.45) is 1.43. The number of carbonyl (C=O) groups is 1. The first-order valence-corrected chi connectivity index (χ1v) is 8.06. The first kappa shape index (κ1) is 18.7. The molecule has 0 fully saturated rings. The summed E-state index contributed by atoms with van der Waals surface area (Å²) in [5, 5.41) is 20.1. The van der Waals surface area contributed by atoms with Crippen LogP contribution in [0.5, 0.6) is 0 Å². The van der Waals surface area contributed by atoms with Gasteiger partial charge < -0.3 is 14.9 Å².